The SMILES string of the molecule is COC(=O)CN1CCCCC(C(=O)O)C1=O. The molecule has 0 aromatic heterocycles. The number of hydrogen-bond donors (Lipinski definition) is 1. The molecule has 1 atom stereocenters. The van der Waals surface area contributed by atoms with Crippen molar-refractivity contribution in [3.63, 3.8) is 0 Å². The van der Waals surface area contributed by atoms with Crippen molar-refractivity contribution in [1.29, 1.82) is 0 Å². The van der Waals surface area contributed by atoms with Gasteiger partial charge >= 0.3 is 11.9 Å². The monoisotopic (exact) mass is 229 g/mol. The standard InChI is InChI=1S/C10H15NO5/c1-16-8(12)6-11-5-3-2-4-7(9(11)13)10(14)15/h7H,2-6H2,1H3,(H,14,15). The van der Waals surface area contributed by atoms with Crippen molar-refractivity contribution in [2.24, 2.45) is 5.92 Å². The summed E-state index contributed by atoms with van der Waals surface area (Å²) in [4.78, 5) is 34.9. The van der Waals surface area contributed by atoms with E-state index in [1.54, 1.807) is 0 Å². The van der Waals surface area contributed by atoms with E-state index in [-0.39, 0.29) is 6.54 Å². The third-order valence-corrected chi connectivity index (χ3v) is 2.63. The maximum atomic E-state index is 11.8. The van der Waals surface area contributed by atoms with Crippen LogP contribution in [0.5, 0.6) is 0 Å². The average molecular weight is 229 g/mol. The molecule has 6 nitrogen and oxygen atoms in total. The van der Waals surface area contributed by atoms with E-state index in [1.807, 2.05) is 0 Å². The predicted octanol–water partition coefficient (Wildman–Crippen LogP) is -0.127. The molecule has 90 valence electrons. The molecule has 1 amide bonds. The van der Waals surface area contributed by atoms with E-state index >= 15 is 0 Å². The summed E-state index contributed by atoms with van der Waals surface area (Å²) in [7, 11) is 1.24. The van der Waals surface area contributed by atoms with Crippen LogP contribution in [-0.4, -0.2) is 48.1 Å². The topological polar surface area (TPSA) is 83.9 Å². The number of aliphatic carboxylic acids is 1. The lowest BCUT2D eigenvalue weighted by Crippen LogP contribution is -2.41. The first-order valence-electron chi connectivity index (χ1n) is 5.14. The van der Waals surface area contributed by atoms with Gasteiger partial charge in [0.2, 0.25) is 5.91 Å². The first kappa shape index (κ1) is 12.5. The molecule has 6 heteroatoms. The molecule has 1 heterocycles. The Kier molecular flexibility index (Phi) is 4.28. The number of likely N-dealkylation sites (tertiary alicyclic amines) is 1. The molecule has 1 fully saturated rings. The second kappa shape index (κ2) is 5.48. The number of carboxylic acids is 1. The molecule has 0 bridgehead atoms. The lowest BCUT2D eigenvalue weighted by atomic mass is 10.0. The van der Waals surface area contributed by atoms with Crippen LogP contribution in [0.15, 0.2) is 0 Å². The molecule has 0 saturated carbocycles. The molecule has 1 aliphatic heterocycles. The lowest BCUT2D eigenvalue weighted by molar-refractivity contribution is -0.154. The Morgan fingerprint density at radius 1 is 1.50 bits per heavy atom. The Bertz CT molecular complexity index is 302. The van der Waals surface area contributed by atoms with Crippen LogP contribution < -0.4 is 0 Å². The largest absolute Gasteiger partial charge is 0.481 e. The maximum absolute atomic E-state index is 11.8. The van der Waals surface area contributed by atoms with Gasteiger partial charge in [-0.05, 0) is 12.8 Å². The third kappa shape index (κ3) is 2.95. The van der Waals surface area contributed by atoms with Crippen molar-refractivity contribution >= 4 is 17.8 Å². The summed E-state index contributed by atoms with van der Waals surface area (Å²) in [5.41, 5.74) is 0. The van der Waals surface area contributed by atoms with Gasteiger partial charge in [0.15, 0.2) is 0 Å². The van der Waals surface area contributed by atoms with E-state index in [0.717, 1.165) is 0 Å². The fourth-order valence-corrected chi connectivity index (χ4v) is 1.71. The second-order valence-corrected chi connectivity index (χ2v) is 3.72. The molecule has 1 N–H and O–H groups in total. The molecule has 0 aromatic carbocycles. The molecule has 0 radical (unpaired) electrons. The third-order valence-electron chi connectivity index (χ3n) is 2.63. The number of methoxy groups -OCH3 is 1. The van der Waals surface area contributed by atoms with Gasteiger partial charge in [0.25, 0.3) is 0 Å². The quantitative estimate of drug-likeness (QED) is 0.538. The van der Waals surface area contributed by atoms with E-state index in [2.05, 4.69) is 4.74 Å². The zero-order chi connectivity index (χ0) is 12.1. The predicted molar refractivity (Wildman–Crippen MR) is 53.6 cm³/mol. The number of carboxylic acid groups (broad SMARTS) is 1. The summed E-state index contributed by atoms with van der Waals surface area (Å²) < 4.78 is 4.46. The van der Waals surface area contributed by atoms with Gasteiger partial charge in [-0.1, -0.05) is 6.42 Å². The van der Waals surface area contributed by atoms with Crippen molar-refractivity contribution in [2.45, 2.75) is 19.3 Å². The van der Waals surface area contributed by atoms with Crippen molar-refractivity contribution in [2.75, 3.05) is 20.2 Å². The number of rotatable bonds is 3. The molecule has 1 rings (SSSR count). The second-order valence-electron chi connectivity index (χ2n) is 3.72. The van der Waals surface area contributed by atoms with Crippen LogP contribution in [0.3, 0.4) is 0 Å². The minimum atomic E-state index is -1.12. The summed E-state index contributed by atoms with van der Waals surface area (Å²) in [6.07, 6.45) is 1.73. The summed E-state index contributed by atoms with van der Waals surface area (Å²) >= 11 is 0. The van der Waals surface area contributed by atoms with E-state index in [9.17, 15) is 14.4 Å². The van der Waals surface area contributed by atoms with Crippen LogP contribution in [0.1, 0.15) is 19.3 Å². The van der Waals surface area contributed by atoms with Crippen molar-refractivity contribution in [3.8, 4) is 0 Å². The number of hydrogen-bond acceptors (Lipinski definition) is 4. The minimum absolute atomic E-state index is 0.168. The van der Waals surface area contributed by atoms with E-state index < -0.39 is 23.8 Å². The lowest BCUT2D eigenvalue weighted by Gasteiger charge is -2.21. The van der Waals surface area contributed by atoms with Crippen molar-refractivity contribution in [3.05, 3.63) is 0 Å². The fraction of sp³-hybridized carbons (Fsp3) is 0.700. The zero-order valence-electron chi connectivity index (χ0n) is 9.14. The maximum Gasteiger partial charge on any atom is 0.325 e. The summed E-state index contributed by atoms with van der Waals surface area (Å²) in [6, 6.07) is 0. The highest BCUT2D eigenvalue weighted by Crippen LogP contribution is 2.18. The van der Waals surface area contributed by atoms with Gasteiger partial charge in [0.05, 0.1) is 7.11 Å². The van der Waals surface area contributed by atoms with E-state index in [1.165, 1.54) is 12.0 Å². The number of esters is 1. The number of ether oxygens (including phenoxy) is 1. The number of carbonyl (C=O) groups excluding carboxylic acids is 2. The van der Waals surface area contributed by atoms with Gasteiger partial charge in [-0.2, -0.15) is 0 Å². The Hall–Kier alpha value is -1.59. The Balaban J connectivity index is 2.71. The molecule has 1 aliphatic rings. The average Bonchev–Trinajstić information content (AvgIpc) is 2.42. The Labute approximate surface area is 93.2 Å². The Morgan fingerprint density at radius 2 is 2.19 bits per heavy atom. The summed E-state index contributed by atoms with van der Waals surface area (Å²) in [5.74, 6) is -3.16. The molecular weight excluding hydrogens is 214 g/mol. The highest BCUT2D eigenvalue weighted by atomic mass is 16.5. The van der Waals surface area contributed by atoms with Gasteiger partial charge in [-0.25, -0.2) is 0 Å². The van der Waals surface area contributed by atoms with Gasteiger partial charge in [-0.3, -0.25) is 14.4 Å². The van der Waals surface area contributed by atoms with Gasteiger partial charge < -0.3 is 14.7 Å². The van der Waals surface area contributed by atoms with Crippen LogP contribution in [0.2, 0.25) is 0 Å². The van der Waals surface area contributed by atoms with Crippen LogP contribution in [0.4, 0.5) is 0 Å². The first-order valence-corrected chi connectivity index (χ1v) is 5.14. The highest BCUT2D eigenvalue weighted by Gasteiger charge is 2.33. The van der Waals surface area contributed by atoms with Gasteiger partial charge in [0, 0.05) is 6.54 Å². The summed E-state index contributed by atoms with van der Waals surface area (Å²) in [6.45, 7) is 0.247. The van der Waals surface area contributed by atoms with E-state index in [0.29, 0.717) is 25.8 Å². The van der Waals surface area contributed by atoms with Crippen LogP contribution >= 0.6 is 0 Å². The molecule has 1 unspecified atom stereocenters. The van der Waals surface area contributed by atoms with Crippen LogP contribution in [-0.2, 0) is 19.1 Å². The highest BCUT2D eigenvalue weighted by molar-refractivity contribution is 5.98. The number of nitrogens with zero attached hydrogens (tertiary/aromatic N) is 1. The molecule has 0 spiro atoms. The van der Waals surface area contributed by atoms with E-state index in [4.69, 9.17) is 5.11 Å². The van der Waals surface area contributed by atoms with Gasteiger partial charge in [-0.15, -0.1) is 0 Å². The molecule has 1 saturated heterocycles. The molecule has 0 aromatic rings. The minimum Gasteiger partial charge on any atom is -0.481 e. The fourth-order valence-electron chi connectivity index (χ4n) is 1.71. The van der Waals surface area contributed by atoms with Crippen LogP contribution in [0, 0.1) is 5.92 Å². The zero-order valence-corrected chi connectivity index (χ0v) is 9.14. The summed E-state index contributed by atoms with van der Waals surface area (Å²) in [5, 5.41) is 8.88. The number of amides is 1. The van der Waals surface area contributed by atoms with Crippen molar-refractivity contribution < 1.29 is 24.2 Å². The van der Waals surface area contributed by atoms with Gasteiger partial charge in [0.1, 0.15) is 12.5 Å². The van der Waals surface area contributed by atoms with Crippen molar-refractivity contribution in [1.82, 2.24) is 4.90 Å². The smallest absolute Gasteiger partial charge is 0.325 e. The molecule has 16 heavy (non-hydrogen) atoms. The normalized spacial score (nSPS) is 21.4. The first-order chi connectivity index (χ1) is 7.56. The molecule has 0 aliphatic carbocycles. The molecular formula is C10H15NO5. The Morgan fingerprint density at radius 3 is 2.75 bits per heavy atom. The van der Waals surface area contributed by atoms with Crippen LogP contribution in [0.25, 0.3) is 0 Å². The number of carbonyl (C=O) groups is 3.